The van der Waals surface area contributed by atoms with Crippen molar-refractivity contribution in [2.24, 2.45) is 5.11 Å². The Kier molecular flexibility index (Phi) is 7.30. The van der Waals surface area contributed by atoms with Crippen molar-refractivity contribution in [3.63, 3.8) is 0 Å². The second-order valence-electron chi connectivity index (χ2n) is 9.32. The van der Waals surface area contributed by atoms with Crippen LogP contribution < -0.4 is 10.2 Å². The summed E-state index contributed by atoms with van der Waals surface area (Å²) in [6.45, 7) is 17.2. The van der Waals surface area contributed by atoms with Crippen molar-refractivity contribution in [3.8, 4) is 0 Å². The third-order valence-corrected chi connectivity index (χ3v) is 5.91. The molecule has 0 spiro atoms. The lowest BCUT2D eigenvalue weighted by Gasteiger charge is -2.38. The minimum absolute atomic E-state index is 0.262. The van der Waals surface area contributed by atoms with E-state index in [4.69, 9.17) is 10.3 Å². The van der Waals surface area contributed by atoms with Crippen LogP contribution in [0.25, 0.3) is 10.4 Å². The number of carbonyl (C=O) groups is 1. The van der Waals surface area contributed by atoms with E-state index >= 15 is 0 Å². The van der Waals surface area contributed by atoms with Gasteiger partial charge in [0.15, 0.2) is 0 Å². The smallest absolute Gasteiger partial charge is 0.410 e. The number of hydrogen-bond acceptors (Lipinski definition) is 6. The Bertz CT molecular complexity index is 844. The molecule has 31 heavy (non-hydrogen) atoms. The number of nitrogens with zero attached hydrogens (tertiary/aromatic N) is 6. The number of nitrogens with one attached hydrogen (secondary N) is 1. The fourth-order valence-electron chi connectivity index (χ4n) is 4.19. The van der Waals surface area contributed by atoms with Crippen LogP contribution in [0.4, 0.5) is 16.2 Å². The number of piperazine rings is 2. The van der Waals surface area contributed by atoms with Gasteiger partial charge >= 0.3 is 6.09 Å². The van der Waals surface area contributed by atoms with Gasteiger partial charge in [-0.1, -0.05) is 5.11 Å². The molecule has 0 atom stereocenters. The maximum Gasteiger partial charge on any atom is 0.410 e. The molecule has 0 unspecified atom stereocenters. The Balaban J connectivity index is 1.80. The first-order valence-corrected chi connectivity index (χ1v) is 11.0. The van der Waals surface area contributed by atoms with Crippen molar-refractivity contribution >= 4 is 17.5 Å². The summed E-state index contributed by atoms with van der Waals surface area (Å²) in [5.41, 5.74) is 13.7. The summed E-state index contributed by atoms with van der Waals surface area (Å²) >= 11 is 0. The highest BCUT2D eigenvalue weighted by atomic mass is 16.6. The first-order chi connectivity index (χ1) is 14.7. The van der Waals surface area contributed by atoms with Gasteiger partial charge in [-0.2, -0.15) is 0 Å². The number of hydrogen-bond donors (Lipinski definition) is 1. The fraction of sp³-hybridized carbons (Fsp3) is 0.682. The van der Waals surface area contributed by atoms with Crippen LogP contribution in [0.5, 0.6) is 0 Å². The van der Waals surface area contributed by atoms with E-state index in [-0.39, 0.29) is 6.09 Å². The lowest BCUT2D eigenvalue weighted by Crippen LogP contribution is -2.50. The van der Waals surface area contributed by atoms with Crippen LogP contribution in [0, 0.1) is 13.8 Å². The number of azide groups is 1. The van der Waals surface area contributed by atoms with E-state index in [0.717, 1.165) is 55.2 Å². The zero-order valence-electron chi connectivity index (χ0n) is 19.4. The summed E-state index contributed by atoms with van der Waals surface area (Å²) in [5.74, 6) is 0. The number of benzene rings is 1. The van der Waals surface area contributed by atoms with E-state index in [0.29, 0.717) is 26.2 Å². The lowest BCUT2D eigenvalue weighted by molar-refractivity contribution is 0.0240. The average Bonchev–Trinajstić information content (AvgIpc) is 2.73. The molecule has 0 saturated carbocycles. The zero-order chi connectivity index (χ0) is 22.6. The molecule has 9 heteroatoms. The van der Waals surface area contributed by atoms with Crippen LogP contribution >= 0.6 is 0 Å². The SMILES string of the molecule is Cc1c(CN2CCNCC2)cc(N2CCN(C(=O)OC(C)(C)C)CC2)c(C)c1N=[N+]=[N-]. The highest BCUT2D eigenvalue weighted by Gasteiger charge is 2.27. The van der Waals surface area contributed by atoms with Crippen molar-refractivity contribution in [3.05, 3.63) is 33.2 Å². The monoisotopic (exact) mass is 429 g/mol. The minimum atomic E-state index is -0.495. The maximum atomic E-state index is 12.4. The molecule has 0 bridgehead atoms. The fourth-order valence-corrected chi connectivity index (χ4v) is 4.19. The highest BCUT2D eigenvalue weighted by Crippen LogP contribution is 2.36. The van der Waals surface area contributed by atoms with Crippen molar-refractivity contribution in [1.82, 2.24) is 15.1 Å². The molecule has 0 aliphatic carbocycles. The topological polar surface area (TPSA) is 96.8 Å². The van der Waals surface area contributed by atoms with Crippen LogP contribution in [-0.2, 0) is 11.3 Å². The first-order valence-electron chi connectivity index (χ1n) is 11.0. The molecule has 2 heterocycles. The van der Waals surface area contributed by atoms with Gasteiger partial charge < -0.3 is 19.9 Å². The maximum absolute atomic E-state index is 12.4. The van der Waals surface area contributed by atoms with E-state index in [2.05, 4.69) is 31.2 Å². The van der Waals surface area contributed by atoms with E-state index < -0.39 is 5.60 Å². The van der Waals surface area contributed by atoms with E-state index in [9.17, 15) is 4.79 Å². The lowest BCUT2D eigenvalue weighted by atomic mass is 9.99. The molecule has 1 aromatic carbocycles. The predicted molar refractivity (Wildman–Crippen MR) is 123 cm³/mol. The normalized spacial score (nSPS) is 18.0. The summed E-state index contributed by atoms with van der Waals surface area (Å²) in [7, 11) is 0. The van der Waals surface area contributed by atoms with Crippen LogP contribution in [0.2, 0.25) is 0 Å². The van der Waals surface area contributed by atoms with Crippen molar-refractivity contribution in [2.75, 3.05) is 57.3 Å². The van der Waals surface area contributed by atoms with Crippen LogP contribution in [0.3, 0.4) is 0 Å². The van der Waals surface area contributed by atoms with Gasteiger partial charge in [-0.3, -0.25) is 4.90 Å². The Labute approximate surface area is 184 Å². The number of anilines is 1. The third kappa shape index (κ3) is 5.81. The molecule has 1 aromatic rings. The Morgan fingerprint density at radius 2 is 1.77 bits per heavy atom. The molecule has 0 radical (unpaired) electrons. The van der Waals surface area contributed by atoms with Gasteiger partial charge in [0.25, 0.3) is 0 Å². The summed E-state index contributed by atoms with van der Waals surface area (Å²) in [5, 5.41) is 7.42. The molecule has 3 rings (SSSR count). The van der Waals surface area contributed by atoms with Gasteiger partial charge in [0.05, 0.1) is 0 Å². The molecule has 1 amide bonds. The van der Waals surface area contributed by atoms with Crippen LogP contribution in [-0.4, -0.2) is 73.9 Å². The Hall–Kier alpha value is -2.48. The Morgan fingerprint density at radius 1 is 1.13 bits per heavy atom. The molecule has 170 valence electrons. The van der Waals surface area contributed by atoms with Crippen molar-refractivity contribution in [1.29, 1.82) is 0 Å². The molecular weight excluding hydrogens is 394 g/mol. The molecule has 9 nitrogen and oxygen atoms in total. The van der Waals surface area contributed by atoms with Gasteiger partial charge in [0.1, 0.15) is 5.60 Å². The quantitative estimate of drug-likeness (QED) is 0.447. The van der Waals surface area contributed by atoms with E-state index in [1.807, 2.05) is 34.6 Å². The van der Waals surface area contributed by atoms with Gasteiger partial charge in [-0.05, 0) is 62.9 Å². The summed E-state index contributed by atoms with van der Waals surface area (Å²) in [4.78, 5) is 22.0. The van der Waals surface area contributed by atoms with E-state index in [1.54, 1.807) is 4.90 Å². The summed E-state index contributed by atoms with van der Waals surface area (Å²) < 4.78 is 5.52. The third-order valence-electron chi connectivity index (χ3n) is 5.91. The number of rotatable bonds is 4. The summed E-state index contributed by atoms with van der Waals surface area (Å²) in [6.07, 6.45) is -0.262. The van der Waals surface area contributed by atoms with Crippen molar-refractivity contribution in [2.45, 2.75) is 46.8 Å². The minimum Gasteiger partial charge on any atom is -0.444 e. The zero-order valence-corrected chi connectivity index (χ0v) is 19.4. The molecule has 2 saturated heterocycles. The molecule has 0 aromatic heterocycles. The van der Waals surface area contributed by atoms with Gasteiger partial charge in [-0.25, -0.2) is 4.79 Å². The number of amides is 1. The van der Waals surface area contributed by atoms with Crippen LogP contribution in [0.15, 0.2) is 11.2 Å². The second kappa shape index (κ2) is 9.77. The van der Waals surface area contributed by atoms with Gasteiger partial charge in [-0.15, -0.1) is 0 Å². The first kappa shape index (κ1) is 23.2. The standard InChI is InChI=1S/C22H35N7O2/c1-16-18(15-27-8-6-24-7-9-27)14-19(17(2)20(16)25-26-23)28-10-12-29(13-11-28)21(30)31-22(3,4)5/h14,24H,6-13,15H2,1-5H3. The van der Waals surface area contributed by atoms with Gasteiger partial charge in [0, 0.05) is 75.2 Å². The number of carbonyl (C=O) groups excluding carboxylic acids is 1. The predicted octanol–water partition coefficient (Wildman–Crippen LogP) is 3.71. The average molecular weight is 430 g/mol. The summed E-state index contributed by atoms with van der Waals surface area (Å²) in [6, 6.07) is 2.24. The second-order valence-corrected chi connectivity index (χ2v) is 9.32. The Morgan fingerprint density at radius 3 is 2.35 bits per heavy atom. The largest absolute Gasteiger partial charge is 0.444 e. The van der Waals surface area contributed by atoms with Crippen LogP contribution in [0.1, 0.15) is 37.5 Å². The number of ether oxygens (including phenoxy) is 1. The molecule has 2 aliphatic heterocycles. The van der Waals surface area contributed by atoms with Crippen molar-refractivity contribution < 1.29 is 9.53 Å². The highest BCUT2D eigenvalue weighted by molar-refractivity contribution is 5.71. The molecule has 1 N–H and O–H groups in total. The molecule has 2 fully saturated rings. The molecular formula is C22H35N7O2. The molecule has 2 aliphatic rings. The van der Waals surface area contributed by atoms with Gasteiger partial charge in [0.2, 0.25) is 0 Å². The van der Waals surface area contributed by atoms with E-state index in [1.165, 1.54) is 5.56 Å².